The van der Waals surface area contributed by atoms with E-state index in [9.17, 15) is 0 Å². The van der Waals surface area contributed by atoms with Gasteiger partial charge in [0, 0.05) is 21.2 Å². The summed E-state index contributed by atoms with van der Waals surface area (Å²) in [5, 5.41) is 0. The third-order valence-electron chi connectivity index (χ3n) is 2.68. The first kappa shape index (κ1) is 12.5. The van der Waals surface area contributed by atoms with Crippen molar-refractivity contribution in [1.82, 2.24) is 4.98 Å². The summed E-state index contributed by atoms with van der Waals surface area (Å²) >= 11 is 3.62. The van der Waals surface area contributed by atoms with Crippen LogP contribution in [0.1, 0.15) is 16.1 Å². The maximum absolute atomic E-state index is 5.80. The number of thiazole rings is 1. The molecule has 4 heteroatoms. The number of rotatable bonds is 4. The Hall–Kier alpha value is -1.00. The summed E-state index contributed by atoms with van der Waals surface area (Å²) in [7, 11) is 0. The van der Waals surface area contributed by atoms with Crippen molar-refractivity contribution in [3.8, 4) is 0 Å². The summed E-state index contributed by atoms with van der Waals surface area (Å²) in [6.07, 6.45) is 1.09. The summed E-state index contributed by atoms with van der Waals surface area (Å²) in [6.45, 7) is 4.12. The summed E-state index contributed by atoms with van der Waals surface area (Å²) in [5.41, 5.74) is 10.9. The molecule has 17 heavy (non-hydrogen) atoms. The minimum atomic E-state index is 0.868. The van der Waals surface area contributed by atoms with Crippen molar-refractivity contribution in [2.45, 2.75) is 25.2 Å². The van der Waals surface area contributed by atoms with Gasteiger partial charge in [-0.3, -0.25) is 0 Å². The number of thioether (sulfide) groups is 1. The van der Waals surface area contributed by atoms with E-state index in [1.165, 1.54) is 15.5 Å². The van der Waals surface area contributed by atoms with Crippen molar-refractivity contribution >= 4 is 28.8 Å². The second-order valence-electron chi connectivity index (χ2n) is 3.98. The first-order chi connectivity index (χ1) is 8.16. The van der Waals surface area contributed by atoms with Crippen LogP contribution in [0.15, 0.2) is 28.6 Å². The number of aryl methyl sites for hydroxylation is 3. The molecule has 1 heterocycles. The van der Waals surface area contributed by atoms with Gasteiger partial charge in [-0.2, -0.15) is 0 Å². The smallest absolute Gasteiger partial charge is 0.0797 e. The minimum absolute atomic E-state index is 0.868. The molecule has 0 unspecified atom stereocenters. The molecule has 0 saturated heterocycles. The lowest BCUT2D eigenvalue weighted by Crippen LogP contribution is -1.91. The fourth-order valence-electron chi connectivity index (χ4n) is 1.57. The Balaban J connectivity index is 1.90. The van der Waals surface area contributed by atoms with Crippen LogP contribution >= 0.6 is 23.1 Å². The van der Waals surface area contributed by atoms with E-state index in [0.717, 1.165) is 23.4 Å². The Bertz CT molecular complexity index is 506. The van der Waals surface area contributed by atoms with Crippen LogP contribution < -0.4 is 5.73 Å². The van der Waals surface area contributed by atoms with E-state index in [4.69, 9.17) is 5.73 Å². The molecular formula is C13H16N2S2. The molecule has 0 spiro atoms. The second kappa shape index (κ2) is 5.56. The number of nitrogens with two attached hydrogens (primary N) is 1. The van der Waals surface area contributed by atoms with Crippen molar-refractivity contribution in [1.29, 1.82) is 0 Å². The van der Waals surface area contributed by atoms with Crippen LogP contribution in [-0.4, -0.2) is 10.7 Å². The van der Waals surface area contributed by atoms with Gasteiger partial charge in [0.1, 0.15) is 0 Å². The van der Waals surface area contributed by atoms with Crippen molar-refractivity contribution in [2.75, 3.05) is 11.5 Å². The highest BCUT2D eigenvalue weighted by molar-refractivity contribution is 7.99. The molecule has 0 radical (unpaired) electrons. The molecule has 0 fully saturated rings. The van der Waals surface area contributed by atoms with Gasteiger partial charge >= 0.3 is 0 Å². The molecule has 0 aliphatic rings. The van der Waals surface area contributed by atoms with E-state index < -0.39 is 0 Å². The van der Waals surface area contributed by atoms with Crippen LogP contribution in [-0.2, 0) is 6.42 Å². The molecule has 0 aliphatic heterocycles. The number of hydrogen-bond donors (Lipinski definition) is 1. The molecule has 1 aromatic heterocycles. The molecule has 90 valence electrons. The van der Waals surface area contributed by atoms with Crippen LogP contribution in [0.25, 0.3) is 0 Å². The van der Waals surface area contributed by atoms with Gasteiger partial charge in [0.15, 0.2) is 0 Å². The molecular weight excluding hydrogens is 248 g/mol. The van der Waals surface area contributed by atoms with E-state index in [1.54, 1.807) is 11.3 Å². The monoisotopic (exact) mass is 264 g/mol. The van der Waals surface area contributed by atoms with E-state index in [0.29, 0.717) is 0 Å². The average molecular weight is 264 g/mol. The SMILES string of the molecule is Cc1cc(SCCc2scnc2C)ccc1N. The van der Waals surface area contributed by atoms with Crippen LogP contribution in [0.5, 0.6) is 0 Å². The van der Waals surface area contributed by atoms with E-state index in [2.05, 4.69) is 24.0 Å². The van der Waals surface area contributed by atoms with Crippen molar-refractivity contribution in [3.63, 3.8) is 0 Å². The molecule has 2 aromatic rings. The molecule has 1 aromatic carbocycles. The number of anilines is 1. The molecule has 2 N–H and O–H groups in total. The van der Waals surface area contributed by atoms with Gasteiger partial charge < -0.3 is 5.73 Å². The van der Waals surface area contributed by atoms with Gasteiger partial charge in [-0.25, -0.2) is 4.98 Å². The minimum Gasteiger partial charge on any atom is -0.399 e. The highest BCUT2D eigenvalue weighted by Gasteiger charge is 2.02. The normalized spacial score (nSPS) is 10.7. The van der Waals surface area contributed by atoms with Crippen LogP contribution in [0, 0.1) is 13.8 Å². The summed E-state index contributed by atoms with van der Waals surface area (Å²) in [4.78, 5) is 6.94. The topological polar surface area (TPSA) is 38.9 Å². The van der Waals surface area contributed by atoms with E-state index in [1.807, 2.05) is 30.3 Å². The van der Waals surface area contributed by atoms with Gasteiger partial charge in [-0.15, -0.1) is 23.1 Å². The predicted octanol–water partition coefficient (Wildman–Crippen LogP) is 3.68. The number of benzene rings is 1. The molecule has 0 atom stereocenters. The summed E-state index contributed by atoms with van der Waals surface area (Å²) < 4.78 is 0. The zero-order valence-corrected chi connectivity index (χ0v) is 11.7. The highest BCUT2D eigenvalue weighted by atomic mass is 32.2. The highest BCUT2D eigenvalue weighted by Crippen LogP contribution is 2.24. The second-order valence-corrected chi connectivity index (χ2v) is 6.09. The van der Waals surface area contributed by atoms with E-state index >= 15 is 0 Å². The molecule has 0 bridgehead atoms. The average Bonchev–Trinajstić information content (AvgIpc) is 2.70. The van der Waals surface area contributed by atoms with Gasteiger partial charge in [0.05, 0.1) is 11.2 Å². The Morgan fingerprint density at radius 1 is 1.35 bits per heavy atom. The van der Waals surface area contributed by atoms with Crippen molar-refractivity contribution in [3.05, 3.63) is 39.8 Å². The first-order valence-corrected chi connectivity index (χ1v) is 7.41. The van der Waals surface area contributed by atoms with Gasteiger partial charge in [-0.05, 0) is 44.0 Å². The first-order valence-electron chi connectivity index (χ1n) is 5.54. The van der Waals surface area contributed by atoms with Crippen molar-refractivity contribution < 1.29 is 0 Å². The number of hydrogen-bond acceptors (Lipinski definition) is 4. The Morgan fingerprint density at radius 2 is 2.18 bits per heavy atom. The third kappa shape index (κ3) is 3.23. The number of nitrogen functional groups attached to an aromatic ring is 1. The lowest BCUT2D eigenvalue weighted by molar-refractivity contribution is 1.12. The Labute approximate surface area is 110 Å². The van der Waals surface area contributed by atoms with Crippen LogP contribution in [0.3, 0.4) is 0 Å². The zero-order chi connectivity index (χ0) is 12.3. The van der Waals surface area contributed by atoms with Gasteiger partial charge in [-0.1, -0.05) is 0 Å². The largest absolute Gasteiger partial charge is 0.399 e. The van der Waals surface area contributed by atoms with Crippen LogP contribution in [0.2, 0.25) is 0 Å². The quantitative estimate of drug-likeness (QED) is 0.676. The Morgan fingerprint density at radius 3 is 2.82 bits per heavy atom. The summed E-state index contributed by atoms with van der Waals surface area (Å²) in [6, 6.07) is 6.22. The maximum Gasteiger partial charge on any atom is 0.0797 e. The third-order valence-corrected chi connectivity index (χ3v) is 4.67. The molecule has 0 amide bonds. The lowest BCUT2D eigenvalue weighted by Gasteiger charge is -2.04. The fraction of sp³-hybridized carbons (Fsp3) is 0.308. The fourth-order valence-corrected chi connectivity index (χ4v) is 3.44. The molecule has 2 nitrogen and oxygen atoms in total. The number of nitrogens with zero attached hydrogens (tertiary/aromatic N) is 1. The molecule has 2 rings (SSSR count). The lowest BCUT2D eigenvalue weighted by atomic mass is 10.2. The molecule has 0 aliphatic carbocycles. The van der Waals surface area contributed by atoms with E-state index in [-0.39, 0.29) is 0 Å². The molecule has 0 saturated carbocycles. The van der Waals surface area contributed by atoms with Crippen LogP contribution in [0.4, 0.5) is 5.69 Å². The maximum atomic E-state index is 5.80. The standard InChI is InChI=1S/C13H16N2S2/c1-9-7-11(3-4-12(9)14)16-6-5-13-10(2)15-8-17-13/h3-4,7-8H,5-6,14H2,1-2H3. The van der Waals surface area contributed by atoms with Gasteiger partial charge in [0.2, 0.25) is 0 Å². The summed E-state index contributed by atoms with van der Waals surface area (Å²) in [5.74, 6) is 1.09. The predicted molar refractivity (Wildman–Crippen MR) is 76.9 cm³/mol. The van der Waals surface area contributed by atoms with Crippen molar-refractivity contribution in [2.24, 2.45) is 0 Å². The number of aromatic nitrogens is 1. The zero-order valence-electron chi connectivity index (χ0n) is 10.1. The van der Waals surface area contributed by atoms with Gasteiger partial charge in [0.25, 0.3) is 0 Å². The Kier molecular flexibility index (Phi) is 4.07.